The molecule has 0 atom stereocenters. The minimum atomic E-state index is 0.972. The number of likely N-dealkylation sites (N-methyl/N-ethyl adjacent to an activating group) is 3. The number of thiophene rings is 1. The van der Waals surface area contributed by atoms with Gasteiger partial charge < -0.3 is 24.0 Å². The Morgan fingerprint density at radius 1 is 0.416 bits per heavy atom. The number of aromatic nitrogens is 2. The van der Waals surface area contributed by atoms with Crippen molar-refractivity contribution in [1.82, 2.24) is 29.6 Å². The smallest absolute Gasteiger partial charge is 0.101 e. The number of likely N-dealkylation sites (tertiary alicyclic amines) is 1. The third kappa shape index (κ3) is 40.3. The highest BCUT2D eigenvalue weighted by Crippen LogP contribution is 2.27. The molecule has 1 aliphatic carbocycles. The highest BCUT2D eigenvalue weighted by atomic mass is 32.1. The number of piperazine rings is 1. The number of piperidine rings is 1. The molecule has 5 aliphatic rings. The van der Waals surface area contributed by atoms with Crippen molar-refractivity contribution in [3.05, 3.63) is 152 Å². The van der Waals surface area contributed by atoms with Gasteiger partial charge in [0.1, 0.15) is 11.5 Å². The molecule has 77 heavy (non-hydrogen) atoms. The van der Waals surface area contributed by atoms with E-state index < -0.39 is 0 Å². The second kappa shape index (κ2) is 41.5. The first kappa shape index (κ1) is 70.4. The van der Waals surface area contributed by atoms with Crippen LogP contribution in [0.5, 0.6) is 0 Å². The monoisotopic (exact) mass is 1070 g/mol. The predicted octanol–water partition coefficient (Wildman–Crippen LogP) is 16.5. The molecular weight excluding hydrogens is 965 g/mol. The minimum absolute atomic E-state index is 0.972. The molecule has 10 rings (SSSR count). The summed E-state index contributed by atoms with van der Waals surface area (Å²) in [6.07, 6.45) is 17.0. The summed E-state index contributed by atoms with van der Waals surface area (Å²) in [6.45, 7) is 43.5. The molecule has 0 unspecified atom stereocenters. The molecule has 430 valence electrons. The Kier molecular flexibility index (Phi) is 37.9. The lowest BCUT2D eigenvalue weighted by Crippen LogP contribution is -2.42. The number of benzene rings is 1. The van der Waals surface area contributed by atoms with Crippen LogP contribution >= 0.6 is 11.3 Å². The van der Waals surface area contributed by atoms with Gasteiger partial charge in [0.25, 0.3) is 0 Å². The zero-order valence-corrected chi connectivity index (χ0v) is 53.4. The predicted molar refractivity (Wildman–Crippen MR) is 340 cm³/mol. The van der Waals surface area contributed by atoms with Gasteiger partial charge in [-0.3, -0.25) is 9.97 Å². The molecule has 0 bridgehead atoms. The summed E-state index contributed by atoms with van der Waals surface area (Å²) in [5.74, 6) is 4.98. The number of aryl methyl sites for hydroxylation is 10. The fraction of sp³-hybridized carbons (Fsp3) is 0.582. The second-order valence-corrected chi connectivity index (χ2v) is 24.3. The largest absolute Gasteiger partial charge is 0.467 e. The van der Waals surface area contributed by atoms with E-state index in [2.05, 4.69) is 178 Å². The maximum atomic E-state index is 5.08. The molecule has 0 spiro atoms. The van der Waals surface area contributed by atoms with Crippen LogP contribution in [0.3, 0.4) is 0 Å². The lowest BCUT2D eigenvalue weighted by atomic mass is 9.84. The van der Waals surface area contributed by atoms with E-state index in [1.807, 2.05) is 103 Å². The van der Waals surface area contributed by atoms with Gasteiger partial charge in [-0.1, -0.05) is 106 Å². The van der Waals surface area contributed by atoms with E-state index in [0.29, 0.717) is 0 Å². The van der Waals surface area contributed by atoms with Crippen molar-refractivity contribution in [2.45, 2.75) is 162 Å². The van der Waals surface area contributed by atoms with Crippen molar-refractivity contribution in [3.8, 4) is 0 Å². The van der Waals surface area contributed by atoms with E-state index in [0.717, 1.165) is 65.1 Å². The van der Waals surface area contributed by atoms with Crippen LogP contribution in [-0.4, -0.2) is 122 Å². The molecule has 0 amide bonds. The minimum Gasteiger partial charge on any atom is -0.467 e. The van der Waals surface area contributed by atoms with Crippen LogP contribution in [0.25, 0.3) is 0 Å². The van der Waals surface area contributed by atoms with Crippen molar-refractivity contribution in [3.63, 3.8) is 0 Å². The number of nitrogens with zero attached hydrogens (tertiary/aromatic N) is 8. The molecule has 9 nitrogen and oxygen atoms in total. The standard InChI is InChI=1S/C8H16.C8H10.C7H15N.C7H13N.2C7H9N.C6H14N2.C6H8O.C6H8S.C5H8N2/c4*1-7-3-5-8(2)6-4-7;2*1-6-3-4-7(2)8-5-6;1-7-3-5-8(2)6-4-7;2*1-5-3-4-6(2)7-5;1-4-3-5(2)7-6-4/h7-8H,3-6H2,1-2H3;3-6H,1-2H3;7H,3-6H2,1-2H3;3H,4-6H2,1-2H3;2*3-5H,1-2H3;3-6H2,1-2H3;2*3-4H,1-2H3;3H2,1-2H3. The Morgan fingerprint density at radius 3 is 1.01 bits per heavy atom. The van der Waals surface area contributed by atoms with Crippen LogP contribution in [0.1, 0.15) is 148 Å². The average molecular weight is 1080 g/mol. The Balaban J connectivity index is 0.000000428. The topological polar surface area (TPSA) is 76.6 Å². The summed E-state index contributed by atoms with van der Waals surface area (Å²) in [7, 11) is 8.70. The number of furan rings is 1. The van der Waals surface area contributed by atoms with Gasteiger partial charge in [-0.05, 0) is 216 Å². The molecule has 3 fully saturated rings. The van der Waals surface area contributed by atoms with Crippen molar-refractivity contribution in [2.24, 2.45) is 28.0 Å². The van der Waals surface area contributed by atoms with Gasteiger partial charge in [-0.15, -0.1) is 11.3 Å². The zero-order valence-electron chi connectivity index (χ0n) is 52.6. The third-order valence-electron chi connectivity index (χ3n) is 13.7. The summed E-state index contributed by atoms with van der Waals surface area (Å²) >= 11 is 1.84. The van der Waals surface area contributed by atoms with Gasteiger partial charge in [0, 0.05) is 90.6 Å². The molecule has 0 N–H and O–H groups in total. The molecule has 1 aromatic carbocycles. The summed E-state index contributed by atoms with van der Waals surface area (Å²) in [5.41, 5.74) is 11.0. The van der Waals surface area contributed by atoms with E-state index in [9.17, 15) is 0 Å². The van der Waals surface area contributed by atoms with Crippen LogP contribution in [0.15, 0.2) is 111 Å². The summed E-state index contributed by atoms with van der Waals surface area (Å²) < 4.78 is 5.08. The van der Waals surface area contributed by atoms with E-state index >= 15 is 0 Å². The van der Waals surface area contributed by atoms with Crippen LogP contribution in [-0.2, 0) is 0 Å². The average Bonchev–Trinajstić information content (AvgIpc) is 4.12. The SMILES string of the molecule is CC1=CCN(C)CC1.CC1=NN=C(C)C1.CC1CCC(C)CC1.CC1CCN(C)CC1.CN1CCN(C)CC1.Cc1ccc(C)cc1.Cc1ccc(C)nc1.Cc1ccc(C)nc1.Cc1ccc(C)o1.Cc1ccc(C)s1. The third-order valence-corrected chi connectivity index (χ3v) is 14.6. The second-order valence-electron chi connectivity index (χ2n) is 22.8. The lowest BCUT2D eigenvalue weighted by Gasteiger charge is -2.28. The van der Waals surface area contributed by atoms with E-state index in [1.54, 1.807) is 5.57 Å². The first-order chi connectivity index (χ1) is 36.4. The molecule has 0 radical (unpaired) electrons. The number of rotatable bonds is 0. The molecule has 1 saturated carbocycles. The van der Waals surface area contributed by atoms with Gasteiger partial charge >= 0.3 is 0 Å². The quantitative estimate of drug-likeness (QED) is 0.143. The van der Waals surface area contributed by atoms with E-state index in [1.165, 1.54) is 123 Å². The Bertz CT molecular complexity index is 1970. The first-order valence-electron chi connectivity index (χ1n) is 28.7. The summed E-state index contributed by atoms with van der Waals surface area (Å²) in [6, 6.07) is 24.8. The van der Waals surface area contributed by atoms with Crippen LogP contribution in [0.4, 0.5) is 0 Å². The maximum absolute atomic E-state index is 5.08. The zero-order chi connectivity index (χ0) is 57.7. The molecule has 2 saturated heterocycles. The highest BCUT2D eigenvalue weighted by molar-refractivity contribution is 7.11. The van der Waals surface area contributed by atoms with Gasteiger partial charge in [0.05, 0.1) is 0 Å². The molecule has 4 aromatic heterocycles. The lowest BCUT2D eigenvalue weighted by molar-refractivity contribution is 0.181. The summed E-state index contributed by atoms with van der Waals surface area (Å²) in [5, 5.41) is 7.64. The van der Waals surface area contributed by atoms with Gasteiger partial charge in [0.15, 0.2) is 0 Å². The van der Waals surface area contributed by atoms with Crippen molar-refractivity contribution in [1.29, 1.82) is 0 Å². The first-order valence-corrected chi connectivity index (χ1v) is 29.5. The summed E-state index contributed by atoms with van der Waals surface area (Å²) in [4.78, 5) is 20.4. The van der Waals surface area contributed by atoms with Gasteiger partial charge in [-0.25, -0.2) is 0 Å². The number of hydrogen-bond donors (Lipinski definition) is 0. The Labute approximate surface area is 476 Å². The Morgan fingerprint density at radius 2 is 0.779 bits per heavy atom. The van der Waals surface area contributed by atoms with Crippen LogP contribution < -0.4 is 0 Å². The molecular formula is C67H110N8OS. The molecule has 5 aromatic rings. The molecule has 10 heteroatoms. The number of pyridine rings is 2. The fourth-order valence-electron chi connectivity index (χ4n) is 7.79. The highest BCUT2D eigenvalue weighted by Gasteiger charge is 2.13. The molecule has 8 heterocycles. The van der Waals surface area contributed by atoms with Crippen molar-refractivity contribution in [2.75, 3.05) is 80.5 Å². The van der Waals surface area contributed by atoms with Crippen LogP contribution in [0.2, 0.25) is 0 Å². The van der Waals surface area contributed by atoms with Crippen molar-refractivity contribution < 1.29 is 4.42 Å². The molecule has 4 aliphatic heterocycles. The Hall–Kier alpha value is -4.58. The van der Waals surface area contributed by atoms with Gasteiger partial charge in [0.2, 0.25) is 0 Å². The van der Waals surface area contributed by atoms with E-state index in [4.69, 9.17) is 4.42 Å². The van der Waals surface area contributed by atoms with Crippen LogP contribution in [0, 0.1) is 87.0 Å². The van der Waals surface area contributed by atoms with E-state index in [-0.39, 0.29) is 0 Å². The number of hydrogen-bond acceptors (Lipinski definition) is 10. The van der Waals surface area contributed by atoms with Crippen molar-refractivity contribution >= 4 is 22.8 Å². The maximum Gasteiger partial charge on any atom is 0.101 e. The fourth-order valence-corrected chi connectivity index (χ4v) is 8.57. The normalized spacial score (nSPS) is 18.3. The van der Waals surface area contributed by atoms with Gasteiger partial charge in [-0.2, -0.15) is 10.2 Å².